The number of rotatable bonds is 2. The molecule has 1 heterocycles. The van der Waals surface area contributed by atoms with E-state index in [0.717, 1.165) is 16.3 Å². The molecule has 0 saturated carbocycles. The lowest BCUT2D eigenvalue weighted by Crippen LogP contribution is -2.11. The lowest BCUT2D eigenvalue weighted by molar-refractivity contribution is 0.450. The third-order valence-electron chi connectivity index (χ3n) is 4.59. The quantitative estimate of drug-likeness (QED) is 0.538. The van der Waals surface area contributed by atoms with Gasteiger partial charge in [-0.2, -0.15) is 0 Å². The lowest BCUT2D eigenvalue weighted by atomic mass is 9.95. The van der Waals surface area contributed by atoms with Crippen LogP contribution in [0.3, 0.4) is 0 Å². The van der Waals surface area contributed by atoms with Crippen molar-refractivity contribution in [2.45, 2.75) is 13.3 Å². The molecule has 0 aliphatic heterocycles. The maximum absolute atomic E-state index is 12.5. The van der Waals surface area contributed by atoms with Crippen LogP contribution in [0.4, 0.5) is 0 Å². The minimum Gasteiger partial charge on any atom is -0.508 e. The molecule has 0 radical (unpaired) electrons. The van der Waals surface area contributed by atoms with Gasteiger partial charge in [-0.15, -0.1) is 0 Å². The van der Waals surface area contributed by atoms with E-state index in [9.17, 15) is 15.0 Å². The minimum atomic E-state index is -0.456. The van der Waals surface area contributed by atoms with Crippen molar-refractivity contribution in [2.75, 3.05) is 0 Å². The normalized spacial score (nSPS) is 11.2. The van der Waals surface area contributed by atoms with Gasteiger partial charge in [0.2, 0.25) is 0 Å². The molecule has 0 aliphatic carbocycles. The van der Waals surface area contributed by atoms with Crippen LogP contribution in [0.15, 0.2) is 63.8 Å². The first-order chi connectivity index (χ1) is 12.0. The summed E-state index contributed by atoms with van der Waals surface area (Å²) >= 11 is 0. The van der Waals surface area contributed by atoms with Crippen LogP contribution in [-0.2, 0) is 6.42 Å². The highest BCUT2D eigenvalue weighted by molar-refractivity contribution is 5.89. The Kier molecular flexibility index (Phi) is 3.46. The molecular weight excluding hydrogens is 316 g/mol. The first-order valence-corrected chi connectivity index (χ1v) is 7.99. The Morgan fingerprint density at radius 3 is 2.60 bits per heavy atom. The highest BCUT2D eigenvalue weighted by Crippen LogP contribution is 2.33. The van der Waals surface area contributed by atoms with Crippen LogP contribution < -0.4 is 5.63 Å². The van der Waals surface area contributed by atoms with Crippen LogP contribution in [0, 0.1) is 6.92 Å². The average Bonchev–Trinajstić information content (AvgIpc) is 2.57. The largest absolute Gasteiger partial charge is 0.508 e. The summed E-state index contributed by atoms with van der Waals surface area (Å²) in [4.78, 5) is 12.5. The van der Waals surface area contributed by atoms with Gasteiger partial charge in [-0.05, 0) is 28.8 Å². The number of phenolic OH excluding ortho intramolecular Hbond substituents is 2. The molecule has 4 heteroatoms. The molecule has 0 bridgehead atoms. The van der Waals surface area contributed by atoms with Gasteiger partial charge < -0.3 is 14.6 Å². The summed E-state index contributed by atoms with van der Waals surface area (Å²) in [6, 6.07) is 16.6. The van der Waals surface area contributed by atoms with E-state index in [0.29, 0.717) is 22.9 Å². The van der Waals surface area contributed by atoms with Crippen molar-refractivity contribution in [3.63, 3.8) is 0 Å². The second-order valence-electron chi connectivity index (χ2n) is 6.15. The molecule has 4 nitrogen and oxygen atoms in total. The number of aromatic hydroxyl groups is 2. The highest BCUT2D eigenvalue weighted by Gasteiger charge is 2.16. The van der Waals surface area contributed by atoms with E-state index in [1.807, 2.05) is 42.5 Å². The van der Waals surface area contributed by atoms with Crippen LogP contribution in [0.5, 0.6) is 11.5 Å². The monoisotopic (exact) mass is 332 g/mol. The Morgan fingerprint density at radius 2 is 1.76 bits per heavy atom. The third kappa shape index (κ3) is 2.52. The van der Waals surface area contributed by atoms with Crippen molar-refractivity contribution < 1.29 is 14.6 Å². The number of benzene rings is 3. The zero-order valence-corrected chi connectivity index (χ0v) is 13.6. The van der Waals surface area contributed by atoms with Gasteiger partial charge in [0, 0.05) is 24.1 Å². The van der Waals surface area contributed by atoms with Crippen molar-refractivity contribution >= 4 is 21.7 Å². The number of fused-ring (bicyclic) bond motifs is 2. The number of hydrogen-bond acceptors (Lipinski definition) is 4. The maximum atomic E-state index is 12.5. The summed E-state index contributed by atoms with van der Waals surface area (Å²) in [7, 11) is 0. The van der Waals surface area contributed by atoms with Crippen molar-refractivity contribution in [3.8, 4) is 11.5 Å². The number of phenols is 2. The first kappa shape index (κ1) is 15.3. The van der Waals surface area contributed by atoms with Crippen molar-refractivity contribution in [1.29, 1.82) is 0 Å². The zero-order valence-electron chi connectivity index (χ0n) is 13.6. The Balaban J connectivity index is 1.94. The van der Waals surface area contributed by atoms with Gasteiger partial charge in [0.05, 0.1) is 5.39 Å². The SMILES string of the molecule is Cc1c(Cc2cccc3ccccc23)c(=O)oc2cc(O)cc(O)c12. The summed E-state index contributed by atoms with van der Waals surface area (Å²) in [6.45, 7) is 1.79. The Bertz CT molecular complexity index is 1170. The van der Waals surface area contributed by atoms with Gasteiger partial charge in [-0.1, -0.05) is 42.5 Å². The number of hydrogen-bond donors (Lipinski definition) is 2. The van der Waals surface area contributed by atoms with E-state index in [4.69, 9.17) is 4.42 Å². The van der Waals surface area contributed by atoms with Crippen LogP contribution in [0.25, 0.3) is 21.7 Å². The molecule has 4 aromatic rings. The Hall–Kier alpha value is -3.27. The van der Waals surface area contributed by atoms with Crippen LogP contribution >= 0.6 is 0 Å². The van der Waals surface area contributed by atoms with E-state index in [1.165, 1.54) is 12.1 Å². The fourth-order valence-corrected chi connectivity index (χ4v) is 3.35. The summed E-state index contributed by atoms with van der Waals surface area (Å²) in [5, 5.41) is 22.4. The maximum Gasteiger partial charge on any atom is 0.340 e. The minimum absolute atomic E-state index is 0.101. The van der Waals surface area contributed by atoms with E-state index < -0.39 is 5.63 Å². The van der Waals surface area contributed by atoms with Crippen molar-refractivity contribution in [3.05, 3.63) is 81.7 Å². The Morgan fingerprint density at radius 1 is 1.00 bits per heavy atom. The summed E-state index contributed by atoms with van der Waals surface area (Å²) < 4.78 is 5.34. The Labute approximate surface area is 143 Å². The molecule has 25 heavy (non-hydrogen) atoms. The molecule has 124 valence electrons. The fourth-order valence-electron chi connectivity index (χ4n) is 3.35. The van der Waals surface area contributed by atoms with E-state index in [-0.39, 0.29) is 17.1 Å². The molecule has 4 rings (SSSR count). The number of aryl methyl sites for hydroxylation is 1. The van der Waals surface area contributed by atoms with Gasteiger partial charge >= 0.3 is 5.63 Å². The molecule has 0 fully saturated rings. The van der Waals surface area contributed by atoms with Gasteiger partial charge in [0.15, 0.2) is 0 Å². The lowest BCUT2D eigenvalue weighted by Gasteiger charge is -2.11. The molecule has 0 saturated heterocycles. The molecule has 1 aromatic heterocycles. The molecular formula is C21H16O4. The molecule has 0 atom stereocenters. The third-order valence-corrected chi connectivity index (χ3v) is 4.59. The predicted octanol–water partition coefficient (Wildman–Crippen LogP) is 4.26. The molecule has 0 unspecified atom stereocenters. The van der Waals surface area contributed by atoms with Gasteiger partial charge in [0.1, 0.15) is 17.1 Å². The molecule has 2 N–H and O–H groups in total. The summed E-state index contributed by atoms with van der Waals surface area (Å²) in [5.41, 5.74) is 1.91. The van der Waals surface area contributed by atoms with Gasteiger partial charge in [-0.25, -0.2) is 4.79 Å². The summed E-state index contributed by atoms with van der Waals surface area (Å²) in [6.07, 6.45) is 0.409. The van der Waals surface area contributed by atoms with Gasteiger partial charge in [-0.3, -0.25) is 0 Å². The van der Waals surface area contributed by atoms with E-state index in [2.05, 4.69) is 0 Å². The second kappa shape index (κ2) is 5.67. The van der Waals surface area contributed by atoms with Gasteiger partial charge in [0.25, 0.3) is 0 Å². The molecule has 3 aromatic carbocycles. The average molecular weight is 332 g/mol. The zero-order chi connectivity index (χ0) is 17.6. The van der Waals surface area contributed by atoms with Crippen LogP contribution in [-0.4, -0.2) is 10.2 Å². The van der Waals surface area contributed by atoms with Crippen molar-refractivity contribution in [2.24, 2.45) is 0 Å². The van der Waals surface area contributed by atoms with Crippen LogP contribution in [0.1, 0.15) is 16.7 Å². The van der Waals surface area contributed by atoms with Crippen molar-refractivity contribution in [1.82, 2.24) is 0 Å². The van der Waals surface area contributed by atoms with E-state index in [1.54, 1.807) is 6.92 Å². The van der Waals surface area contributed by atoms with Crippen LogP contribution in [0.2, 0.25) is 0 Å². The fraction of sp³-hybridized carbons (Fsp3) is 0.0952. The molecule has 0 aliphatic rings. The van der Waals surface area contributed by atoms with E-state index >= 15 is 0 Å². The first-order valence-electron chi connectivity index (χ1n) is 7.99. The summed E-state index contributed by atoms with van der Waals surface area (Å²) in [5.74, 6) is -0.246. The topological polar surface area (TPSA) is 70.7 Å². The molecule has 0 amide bonds. The second-order valence-corrected chi connectivity index (χ2v) is 6.15. The molecule has 0 spiro atoms. The standard InChI is InChI=1S/C21H16O4/c1-12-17(9-14-7-4-6-13-5-2-3-8-16(13)14)21(24)25-19-11-15(22)10-18(23)20(12)19/h2-8,10-11,22-23H,9H2,1H3. The predicted molar refractivity (Wildman–Crippen MR) is 97.3 cm³/mol. The smallest absolute Gasteiger partial charge is 0.340 e. The highest BCUT2D eigenvalue weighted by atomic mass is 16.4.